The highest BCUT2D eigenvalue weighted by Crippen LogP contribution is 2.10. The lowest BCUT2D eigenvalue weighted by molar-refractivity contribution is -0.116. The Morgan fingerprint density at radius 1 is 1.33 bits per heavy atom. The van der Waals surface area contributed by atoms with E-state index in [1.54, 1.807) is 6.20 Å². The van der Waals surface area contributed by atoms with E-state index in [2.05, 4.69) is 22.6 Å². The van der Waals surface area contributed by atoms with Crippen molar-refractivity contribution in [1.82, 2.24) is 15.0 Å². The van der Waals surface area contributed by atoms with Crippen molar-refractivity contribution in [2.75, 3.05) is 11.9 Å². The van der Waals surface area contributed by atoms with Crippen LogP contribution < -0.4 is 5.32 Å². The SMILES string of the molecule is CCc1ccc(NC(=O)Cn2cc(CCCO)nn2)cc1. The molecule has 1 aromatic heterocycles. The van der Waals surface area contributed by atoms with Gasteiger partial charge in [0.2, 0.25) is 5.91 Å². The average Bonchev–Trinajstić information content (AvgIpc) is 2.93. The predicted molar refractivity (Wildman–Crippen MR) is 79.9 cm³/mol. The van der Waals surface area contributed by atoms with E-state index in [0.29, 0.717) is 12.8 Å². The third-order valence-electron chi connectivity index (χ3n) is 3.13. The minimum Gasteiger partial charge on any atom is -0.396 e. The van der Waals surface area contributed by atoms with E-state index >= 15 is 0 Å². The van der Waals surface area contributed by atoms with E-state index in [-0.39, 0.29) is 19.1 Å². The molecular weight excluding hydrogens is 268 g/mol. The van der Waals surface area contributed by atoms with E-state index in [9.17, 15) is 4.79 Å². The number of rotatable bonds is 7. The lowest BCUT2D eigenvalue weighted by Crippen LogP contribution is -2.19. The Morgan fingerprint density at radius 3 is 2.76 bits per heavy atom. The van der Waals surface area contributed by atoms with Gasteiger partial charge in [-0.05, 0) is 37.0 Å². The molecule has 1 amide bonds. The van der Waals surface area contributed by atoms with Gasteiger partial charge in [-0.25, -0.2) is 4.68 Å². The largest absolute Gasteiger partial charge is 0.396 e. The van der Waals surface area contributed by atoms with Crippen molar-refractivity contribution in [3.63, 3.8) is 0 Å². The highest BCUT2D eigenvalue weighted by molar-refractivity contribution is 5.90. The monoisotopic (exact) mass is 288 g/mol. The number of hydrogen-bond acceptors (Lipinski definition) is 4. The summed E-state index contributed by atoms with van der Waals surface area (Å²) in [6.45, 7) is 2.34. The molecule has 2 aromatic rings. The van der Waals surface area contributed by atoms with Crippen LogP contribution in [0.3, 0.4) is 0 Å². The molecule has 21 heavy (non-hydrogen) atoms. The number of aliphatic hydroxyl groups excluding tert-OH is 1. The van der Waals surface area contributed by atoms with Crippen molar-refractivity contribution in [3.8, 4) is 0 Å². The zero-order valence-electron chi connectivity index (χ0n) is 12.1. The van der Waals surface area contributed by atoms with Crippen LogP contribution in [0.1, 0.15) is 24.6 Å². The minimum atomic E-state index is -0.141. The second-order valence-electron chi connectivity index (χ2n) is 4.83. The van der Waals surface area contributed by atoms with Crippen molar-refractivity contribution in [2.45, 2.75) is 32.7 Å². The summed E-state index contributed by atoms with van der Waals surface area (Å²) in [7, 11) is 0. The molecule has 2 N–H and O–H groups in total. The van der Waals surface area contributed by atoms with Gasteiger partial charge < -0.3 is 10.4 Å². The molecule has 0 saturated heterocycles. The first-order valence-corrected chi connectivity index (χ1v) is 7.10. The van der Waals surface area contributed by atoms with Crippen molar-refractivity contribution < 1.29 is 9.90 Å². The maximum absolute atomic E-state index is 11.9. The van der Waals surface area contributed by atoms with Crippen LogP contribution in [0.2, 0.25) is 0 Å². The van der Waals surface area contributed by atoms with Crippen LogP contribution in [0, 0.1) is 0 Å². The lowest BCUT2D eigenvalue weighted by atomic mass is 10.1. The highest BCUT2D eigenvalue weighted by atomic mass is 16.2. The topological polar surface area (TPSA) is 80.0 Å². The van der Waals surface area contributed by atoms with Gasteiger partial charge >= 0.3 is 0 Å². The molecule has 1 heterocycles. The molecule has 0 bridgehead atoms. The zero-order valence-corrected chi connectivity index (χ0v) is 12.1. The number of aromatic nitrogens is 3. The molecule has 1 aromatic carbocycles. The van der Waals surface area contributed by atoms with Gasteiger partial charge in [-0.2, -0.15) is 0 Å². The minimum absolute atomic E-state index is 0.126. The fourth-order valence-electron chi connectivity index (χ4n) is 1.96. The average molecular weight is 288 g/mol. The van der Waals surface area contributed by atoms with Gasteiger partial charge in [0, 0.05) is 18.5 Å². The summed E-state index contributed by atoms with van der Waals surface area (Å²) in [6, 6.07) is 7.78. The molecule has 2 rings (SSSR count). The van der Waals surface area contributed by atoms with Crippen molar-refractivity contribution in [2.24, 2.45) is 0 Å². The maximum atomic E-state index is 11.9. The Labute approximate surface area is 123 Å². The number of carbonyl (C=O) groups is 1. The van der Waals surface area contributed by atoms with Crippen molar-refractivity contribution in [1.29, 1.82) is 0 Å². The highest BCUT2D eigenvalue weighted by Gasteiger charge is 2.06. The molecule has 0 unspecified atom stereocenters. The van der Waals surface area contributed by atoms with Gasteiger partial charge in [-0.15, -0.1) is 5.10 Å². The molecule has 0 atom stereocenters. The summed E-state index contributed by atoms with van der Waals surface area (Å²) in [5.41, 5.74) is 2.79. The first kappa shape index (κ1) is 15.2. The molecule has 112 valence electrons. The first-order chi connectivity index (χ1) is 10.2. The van der Waals surface area contributed by atoms with Gasteiger partial charge in [-0.1, -0.05) is 24.3 Å². The Hall–Kier alpha value is -2.21. The number of benzene rings is 1. The molecule has 6 heteroatoms. The number of carbonyl (C=O) groups excluding carboxylic acids is 1. The standard InChI is InChI=1S/C15H20N4O2/c1-2-12-5-7-13(8-6-12)16-15(21)11-19-10-14(17-18-19)4-3-9-20/h5-8,10,20H,2-4,9,11H2,1H3,(H,16,21). The van der Waals surface area contributed by atoms with Gasteiger partial charge in [-0.3, -0.25) is 4.79 Å². The van der Waals surface area contributed by atoms with Crippen LogP contribution >= 0.6 is 0 Å². The second kappa shape index (κ2) is 7.54. The number of aliphatic hydroxyl groups is 1. The molecule has 0 fully saturated rings. The molecule has 0 saturated carbocycles. The first-order valence-electron chi connectivity index (χ1n) is 7.10. The fraction of sp³-hybridized carbons (Fsp3) is 0.400. The molecule has 0 spiro atoms. The number of amides is 1. The van der Waals surface area contributed by atoms with E-state index in [4.69, 9.17) is 5.11 Å². The van der Waals surface area contributed by atoms with E-state index in [1.807, 2.05) is 24.3 Å². The summed E-state index contributed by atoms with van der Waals surface area (Å²) < 4.78 is 1.50. The van der Waals surface area contributed by atoms with Gasteiger partial charge in [0.25, 0.3) is 0 Å². The molecule has 0 radical (unpaired) electrons. The van der Waals surface area contributed by atoms with Crippen LogP contribution in [-0.2, 0) is 24.2 Å². The molecule has 6 nitrogen and oxygen atoms in total. The second-order valence-corrected chi connectivity index (χ2v) is 4.83. The number of nitrogens with one attached hydrogen (secondary N) is 1. The Morgan fingerprint density at radius 2 is 2.10 bits per heavy atom. The predicted octanol–water partition coefficient (Wildman–Crippen LogP) is 1.40. The van der Waals surface area contributed by atoms with Crippen molar-refractivity contribution >= 4 is 11.6 Å². The number of nitrogens with zero attached hydrogens (tertiary/aromatic N) is 3. The lowest BCUT2D eigenvalue weighted by Gasteiger charge is -2.05. The van der Waals surface area contributed by atoms with Crippen molar-refractivity contribution in [3.05, 3.63) is 41.7 Å². The van der Waals surface area contributed by atoms with Gasteiger partial charge in [0.1, 0.15) is 6.54 Å². The smallest absolute Gasteiger partial charge is 0.246 e. The summed E-state index contributed by atoms with van der Waals surface area (Å²) in [5.74, 6) is -0.141. The summed E-state index contributed by atoms with van der Waals surface area (Å²) in [5, 5.41) is 19.4. The summed E-state index contributed by atoms with van der Waals surface area (Å²) in [6.07, 6.45) is 4.02. The summed E-state index contributed by atoms with van der Waals surface area (Å²) >= 11 is 0. The quantitative estimate of drug-likeness (QED) is 0.807. The fourth-order valence-corrected chi connectivity index (χ4v) is 1.96. The van der Waals surface area contributed by atoms with Crippen LogP contribution in [0.5, 0.6) is 0 Å². The zero-order chi connectivity index (χ0) is 15.1. The number of aryl methyl sites for hydroxylation is 2. The van der Waals surface area contributed by atoms with Gasteiger partial charge in [0.05, 0.1) is 5.69 Å². The van der Waals surface area contributed by atoms with Crippen LogP contribution in [0.4, 0.5) is 5.69 Å². The van der Waals surface area contributed by atoms with Crippen LogP contribution in [0.25, 0.3) is 0 Å². The molecule has 0 aliphatic heterocycles. The molecule has 0 aliphatic rings. The molecule has 0 aliphatic carbocycles. The third-order valence-corrected chi connectivity index (χ3v) is 3.13. The van der Waals surface area contributed by atoms with Crippen LogP contribution in [-0.4, -0.2) is 32.6 Å². The Balaban J connectivity index is 1.87. The summed E-state index contributed by atoms with van der Waals surface area (Å²) in [4.78, 5) is 11.9. The van der Waals surface area contributed by atoms with Gasteiger partial charge in [0.15, 0.2) is 0 Å². The van der Waals surface area contributed by atoms with E-state index in [1.165, 1.54) is 10.2 Å². The Bertz CT molecular complexity index is 578. The van der Waals surface area contributed by atoms with E-state index < -0.39 is 0 Å². The third kappa shape index (κ3) is 4.68. The maximum Gasteiger partial charge on any atom is 0.246 e. The molecular formula is C15H20N4O2. The number of anilines is 1. The van der Waals surface area contributed by atoms with E-state index in [0.717, 1.165) is 17.8 Å². The number of hydrogen-bond donors (Lipinski definition) is 2. The normalized spacial score (nSPS) is 10.6. The van der Waals surface area contributed by atoms with Crippen LogP contribution in [0.15, 0.2) is 30.5 Å². The Kier molecular flexibility index (Phi) is 5.45.